The maximum atomic E-state index is 11.2. The molecule has 112 valence electrons. The highest BCUT2D eigenvalue weighted by molar-refractivity contribution is 6.30. The van der Waals surface area contributed by atoms with Crippen molar-refractivity contribution in [3.63, 3.8) is 0 Å². The number of methoxy groups -OCH3 is 1. The first-order valence-electron chi connectivity index (χ1n) is 6.88. The summed E-state index contributed by atoms with van der Waals surface area (Å²) in [7, 11) is 1.41. The number of halogens is 1. The van der Waals surface area contributed by atoms with Gasteiger partial charge in [-0.3, -0.25) is 9.69 Å². The Morgan fingerprint density at radius 2 is 2.10 bits per heavy atom. The molecule has 6 heteroatoms. The van der Waals surface area contributed by atoms with Gasteiger partial charge in [0.25, 0.3) is 0 Å². The van der Waals surface area contributed by atoms with Crippen LogP contribution >= 0.6 is 11.6 Å². The van der Waals surface area contributed by atoms with Gasteiger partial charge >= 0.3 is 5.97 Å². The molecule has 21 heavy (non-hydrogen) atoms. The molecule has 0 aromatic heterocycles. The third-order valence-electron chi connectivity index (χ3n) is 3.65. The molecule has 0 spiro atoms. The minimum Gasteiger partial charge on any atom is -0.469 e. The largest absolute Gasteiger partial charge is 0.469 e. The highest BCUT2D eigenvalue weighted by Crippen LogP contribution is 2.25. The lowest BCUT2D eigenvalue weighted by atomic mass is 10.1. The fourth-order valence-electron chi connectivity index (χ4n) is 2.42. The molecular weight excluding hydrogens is 290 g/mol. The van der Waals surface area contributed by atoms with Gasteiger partial charge in [-0.05, 0) is 18.2 Å². The van der Waals surface area contributed by atoms with E-state index < -0.39 is 0 Å². The van der Waals surface area contributed by atoms with Gasteiger partial charge < -0.3 is 9.64 Å². The van der Waals surface area contributed by atoms with Gasteiger partial charge in [0.1, 0.15) is 6.07 Å². The van der Waals surface area contributed by atoms with Gasteiger partial charge in [0.15, 0.2) is 0 Å². The Kier molecular flexibility index (Phi) is 5.43. The van der Waals surface area contributed by atoms with Crippen molar-refractivity contribution in [3.8, 4) is 6.07 Å². The van der Waals surface area contributed by atoms with E-state index in [0.717, 1.165) is 31.9 Å². The van der Waals surface area contributed by atoms with Crippen LogP contribution in [0.1, 0.15) is 12.0 Å². The van der Waals surface area contributed by atoms with Crippen LogP contribution in [0.4, 0.5) is 5.69 Å². The van der Waals surface area contributed by atoms with Gasteiger partial charge in [0.05, 0.1) is 24.8 Å². The van der Waals surface area contributed by atoms with E-state index in [0.29, 0.717) is 23.6 Å². The van der Waals surface area contributed by atoms with Crippen molar-refractivity contribution in [3.05, 3.63) is 28.8 Å². The lowest BCUT2D eigenvalue weighted by Crippen LogP contribution is -2.47. The number of nitrogens with zero attached hydrogens (tertiary/aromatic N) is 3. The van der Waals surface area contributed by atoms with Crippen LogP contribution in [0.15, 0.2) is 18.2 Å². The molecule has 1 saturated heterocycles. The first-order chi connectivity index (χ1) is 10.1. The fraction of sp³-hybridized carbons (Fsp3) is 0.467. The van der Waals surface area contributed by atoms with Crippen LogP contribution in [0.2, 0.25) is 5.02 Å². The molecule has 1 fully saturated rings. The van der Waals surface area contributed by atoms with E-state index in [1.807, 2.05) is 6.07 Å². The zero-order valence-corrected chi connectivity index (χ0v) is 12.8. The second kappa shape index (κ2) is 7.30. The number of hydrogen-bond donors (Lipinski definition) is 0. The van der Waals surface area contributed by atoms with E-state index in [2.05, 4.69) is 20.6 Å². The smallest absolute Gasteiger partial charge is 0.306 e. The lowest BCUT2D eigenvalue weighted by Gasteiger charge is -2.36. The van der Waals surface area contributed by atoms with Crippen molar-refractivity contribution in [2.75, 3.05) is 44.7 Å². The van der Waals surface area contributed by atoms with Gasteiger partial charge in [0.2, 0.25) is 0 Å². The average Bonchev–Trinajstić information content (AvgIpc) is 2.53. The van der Waals surface area contributed by atoms with Crippen LogP contribution in [0.25, 0.3) is 0 Å². The molecule has 0 atom stereocenters. The van der Waals surface area contributed by atoms with Crippen LogP contribution in [0.3, 0.4) is 0 Å². The Labute approximate surface area is 129 Å². The van der Waals surface area contributed by atoms with E-state index in [-0.39, 0.29) is 5.97 Å². The number of hydrogen-bond acceptors (Lipinski definition) is 5. The van der Waals surface area contributed by atoms with E-state index in [4.69, 9.17) is 11.6 Å². The van der Waals surface area contributed by atoms with E-state index in [1.54, 1.807) is 12.1 Å². The van der Waals surface area contributed by atoms with Crippen LogP contribution in [0.5, 0.6) is 0 Å². The minimum absolute atomic E-state index is 0.181. The number of carbonyl (C=O) groups excluding carboxylic acids is 1. The summed E-state index contributed by atoms with van der Waals surface area (Å²) in [5.41, 5.74) is 1.53. The van der Waals surface area contributed by atoms with Crippen LogP contribution in [0, 0.1) is 11.3 Å². The number of ether oxygens (including phenoxy) is 1. The number of rotatable bonds is 4. The molecule has 0 N–H and O–H groups in total. The average molecular weight is 308 g/mol. The number of esters is 1. The van der Waals surface area contributed by atoms with E-state index in [1.165, 1.54) is 7.11 Å². The minimum atomic E-state index is -0.181. The molecular formula is C15H18ClN3O2. The highest BCUT2D eigenvalue weighted by Gasteiger charge is 2.20. The standard InChI is InChI=1S/C15H18ClN3O2/c1-21-15(20)4-5-18-6-8-19(9-7-18)14-10-13(16)3-2-12(14)11-17/h2-3,10H,4-9H2,1H3. The van der Waals surface area contributed by atoms with E-state index in [9.17, 15) is 10.1 Å². The molecule has 1 aliphatic heterocycles. The summed E-state index contributed by atoms with van der Waals surface area (Å²) in [4.78, 5) is 15.5. The van der Waals surface area contributed by atoms with Gasteiger partial charge in [-0.25, -0.2) is 0 Å². The number of piperazine rings is 1. The first kappa shape index (κ1) is 15.6. The van der Waals surface area contributed by atoms with Crippen molar-refractivity contribution in [1.29, 1.82) is 5.26 Å². The Morgan fingerprint density at radius 1 is 1.38 bits per heavy atom. The Bertz CT molecular complexity index is 548. The van der Waals surface area contributed by atoms with Crippen molar-refractivity contribution in [2.45, 2.75) is 6.42 Å². The summed E-state index contributed by atoms with van der Waals surface area (Å²) in [5.74, 6) is -0.181. The maximum Gasteiger partial charge on any atom is 0.306 e. The number of carbonyl (C=O) groups is 1. The fourth-order valence-corrected chi connectivity index (χ4v) is 2.59. The summed E-state index contributed by atoms with van der Waals surface area (Å²) in [5, 5.41) is 9.82. The van der Waals surface area contributed by atoms with Gasteiger partial charge in [-0.15, -0.1) is 0 Å². The lowest BCUT2D eigenvalue weighted by molar-refractivity contribution is -0.141. The molecule has 0 bridgehead atoms. The summed E-state index contributed by atoms with van der Waals surface area (Å²) in [6, 6.07) is 7.53. The molecule has 1 aromatic carbocycles. The quantitative estimate of drug-likeness (QED) is 0.795. The summed E-state index contributed by atoms with van der Waals surface area (Å²) in [6.45, 7) is 4.05. The predicted molar refractivity (Wildman–Crippen MR) is 81.5 cm³/mol. The summed E-state index contributed by atoms with van der Waals surface area (Å²) in [6.07, 6.45) is 0.414. The van der Waals surface area contributed by atoms with Gasteiger partial charge in [-0.1, -0.05) is 11.6 Å². The first-order valence-corrected chi connectivity index (χ1v) is 7.25. The SMILES string of the molecule is COC(=O)CCN1CCN(c2cc(Cl)ccc2C#N)CC1. The van der Waals surface area contributed by atoms with Gasteiger partial charge in [0, 0.05) is 37.7 Å². The molecule has 0 saturated carbocycles. The summed E-state index contributed by atoms with van der Waals surface area (Å²) >= 11 is 6.02. The van der Waals surface area contributed by atoms with Gasteiger partial charge in [-0.2, -0.15) is 5.26 Å². The zero-order chi connectivity index (χ0) is 15.2. The molecule has 1 aliphatic rings. The molecule has 0 radical (unpaired) electrons. The molecule has 0 unspecified atom stereocenters. The van der Waals surface area contributed by atoms with Crippen molar-refractivity contribution >= 4 is 23.3 Å². The zero-order valence-electron chi connectivity index (χ0n) is 12.0. The number of benzene rings is 1. The molecule has 0 aliphatic carbocycles. The molecule has 0 amide bonds. The molecule has 2 rings (SSSR count). The Balaban J connectivity index is 1.94. The van der Waals surface area contributed by atoms with Crippen molar-refractivity contribution < 1.29 is 9.53 Å². The monoisotopic (exact) mass is 307 g/mol. The van der Waals surface area contributed by atoms with Crippen molar-refractivity contribution in [2.24, 2.45) is 0 Å². The second-order valence-electron chi connectivity index (χ2n) is 4.93. The van der Waals surface area contributed by atoms with Crippen LogP contribution < -0.4 is 4.90 Å². The number of nitriles is 1. The van der Waals surface area contributed by atoms with Crippen LogP contribution in [-0.4, -0.2) is 50.7 Å². The van der Waals surface area contributed by atoms with E-state index >= 15 is 0 Å². The van der Waals surface area contributed by atoms with Crippen LogP contribution in [-0.2, 0) is 9.53 Å². The topological polar surface area (TPSA) is 56.6 Å². The Hall–Kier alpha value is -1.77. The number of anilines is 1. The maximum absolute atomic E-state index is 11.2. The predicted octanol–water partition coefficient (Wildman–Crippen LogP) is 1.90. The highest BCUT2D eigenvalue weighted by atomic mass is 35.5. The van der Waals surface area contributed by atoms with Crippen molar-refractivity contribution in [1.82, 2.24) is 4.90 Å². The third-order valence-corrected chi connectivity index (χ3v) is 3.89. The second-order valence-corrected chi connectivity index (χ2v) is 5.36. The summed E-state index contributed by atoms with van der Waals surface area (Å²) < 4.78 is 4.65. The molecule has 1 heterocycles. The Morgan fingerprint density at radius 3 is 2.71 bits per heavy atom. The molecule has 1 aromatic rings. The molecule has 5 nitrogen and oxygen atoms in total. The third kappa shape index (κ3) is 4.10. The normalized spacial score (nSPS) is 15.6.